The standard InChI is InChI=1S/C12H18BrN3O3S/c1-2-6-15-12(17)5-7-16-20(18,19)9-3-4-11(14)10(13)8-9/h3-4,8,16H,2,5-7,14H2,1H3,(H,15,17). The van der Waals surface area contributed by atoms with Crippen molar-refractivity contribution >= 4 is 37.5 Å². The van der Waals surface area contributed by atoms with E-state index >= 15 is 0 Å². The van der Waals surface area contributed by atoms with Gasteiger partial charge in [-0.25, -0.2) is 13.1 Å². The fourth-order valence-electron chi connectivity index (χ4n) is 1.41. The van der Waals surface area contributed by atoms with Crippen molar-refractivity contribution in [2.24, 2.45) is 0 Å². The number of anilines is 1. The highest BCUT2D eigenvalue weighted by Crippen LogP contribution is 2.22. The van der Waals surface area contributed by atoms with E-state index in [0.29, 0.717) is 16.7 Å². The summed E-state index contributed by atoms with van der Waals surface area (Å²) in [5, 5.41) is 2.68. The predicted molar refractivity (Wildman–Crippen MR) is 81.7 cm³/mol. The lowest BCUT2D eigenvalue weighted by Crippen LogP contribution is -2.31. The normalized spacial score (nSPS) is 11.3. The highest BCUT2D eigenvalue weighted by molar-refractivity contribution is 9.10. The van der Waals surface area contributed by atoms with Gasteiger partial charge in [0.05, 0.1) is 4.90 Å². The largest absolute Gasteiger partial charge is 0.398 e. The second kappa shape index (κ2) is 7.61. The minimum absolute atomic E-state index is 0.0554. The van der Waals surface area contributed by atoms with Crippen LogP contribution in [0.2, 0.25) is 0 Å². The molecular formula is C12H18BrN3O3S. The molecule has 0 atom stereocenters. The Kier molecular flexibility index (Phi) is 6.44. The Labute approximate surface area is 127 Å². The summed E-state index contributed by atoms with van der Waals surface area (Å²) in [5.74, 6) is -0.173. The fourth-order valence-corrected chi connectivity index (χ4v) is 3.00. The molecule has 6 nitrogen and oxygen atoms in total. The highest BCUT2D eigenvalue weighted by Gasteiger charge is 2.15. The van der Waals surface area contributed by atoms with Gasteiger partial charge in [-0.3, -0.25) is 4.79 Å². The number of nitrogens with one attached hydrogen (secondary N) is 2. The van der Waals surface area contributed by atoms with Crippen molar-refractivity contribution < 1.29 is 13.2 Å². The fraction of sp³-hybridized carbons (Fsp3) is 0.417. The Morgan fingerprint density at radius 1 is 1.35 bits per heavy atom. The summed E-state index contributed by atoms with van der Waals surface area (Å²) in [7, 11) is -3.63. The molecule has 0 fully saturated rings. The van der Waals surface area contributed by atoms with E-state index < -0.39 is 10.0 Å². The molecule has 0 bridgehead atoms. The van der Waals surface area contributed by atoms with E-state index in [1.165, 1.54) is 18.2 Å². The van der Waals surface area contributed by atoms with Crippen LogP contribution in [0.15, 0.2) is 27.6 Å². The first-order valence-corrected chi connectivity index (χ1v) is 8.46. The molecule has 0 spiro atoms. The molecule has 0 aromatic heterocycles. The summed E-state index contributed by atoms with van der Waals surface area (Å²) >= 11 is 3.18. The monoisotopic (exact) mass is 363 g/mol. The summed E-state index contributed by atoms with van der Waals surface area (Å²) < 4.78 is 26.9. The zero-order valence-corrected chi connectivity index (χ0v) is 13.6. The van der Waals surface area contributed by atoms with Gasteiger partial charge in [-0.15, -0.1) is 0 Å². The van der Waals surface area contributed by atoms with E-state index in [1.54, 1.807) is 0 Å². The lowest BCUT2D eigenvalue weighted by Gasteiger charge is -2.08. The van der Waals surface area contributed by atoms with E-state index in [-0.39, 0.29) is 23.8 Å². The van der Waals surface area contributed by atoms with E-state index in [9.17, 15) is 13.2 Å². The van der Waals surface area contributed by atoms with Crippen LogP contribution in [0.1, 0.15) is 19.8 Å². The lowest BCUT2D eigenvalue weighted by molar-refractivity contribution is -0.120. The number of rotatable bonds is 7. The molecule has 0 radical (unpaired) electrons. The molecular weight excluding hydrogens is 346 g/mol. The van der Waals surface area contributed by atoms with Crippen molar-refractivity contribution in [1.82, 2.24) is 10.0 Å². The Balaban J connectivity index is 2.57. The van der Waals surface area contributed by atoms with Gasteiger partial charge in [0.2, 0.25) is 15.9 Å². The van der Waals surface area contributed by atoms with Gasteiger partial charge in [-0.1, -0.05) is 6.92 Å². The summed E-state index contributed by atoms with van der Waals surface area (Å²) in [6.45, 7) is 2.60. The van der Waals surface area contributed by atoms with Crippen LogP contribution in [0, 0.1) is 0 Å². The third-order valence-corrected chi connectivity index (χ3v) is 4.64. The number of sulfonamides is 1. The van der Waals surface area contributed by atoms with E-state index in [2.05, 4.69) is 26.0 Å². The predicted octanol–water partition coefficient (Wildman–Crippen LogP) is 1.23. The van der Waals surface area contributed by atoms with Crippen LogP contribution in [-0.2, 0) is 14.8 Å². The molecule has 1 aromatic rings. The summed E-state index contributed by atoms with van der Waals surface area (Å²) in [4.78, 5) is 11.5. The number of nitrogen functional groups attached to an aromatic ring is 1. The van der Waals surface area contributed by atoms with E-state index in [1.807, 2.05) is 6.92 Å². The number of carbonyl (C=O) groups is 1. The average Bonchev–Trinajstić information content (AvgIpc) is 2.39. The number of carbonyl (C=O) groups excluding carboxylic acids is 1. The molecule has 20 heavy (non-hydrogen) atoms. The Morgan fingerprint density at radius 2 is 2.05 bits per heavy atom. The summed E-state index contributed by atoms with van der Waals surface area (Å²) in [5.41, 5.74) is 6.06. The first kappa shape index (κ1) is 16.9. The summed E-state index contributed by atoms with van der Waals surface area (Å²) in [6, 6.07) is 4.35. The van der Waals surface area contributed by atoms with Gasteiger partial charge in [-0.05, 0) is 40.5 Å². The molecule has 1 rings (SSSR count). The average molecular weight is 364 g/mol. The molecule has 4 N–H and O–H groups in total. The SMILES string of the molecule is CCCNC(=O)CCNS(=O)(=O)c1ccc(N)c(Br)c1. The smallest absolute Gasteiger partial charge is 0.240 e. The molecule has 1 amide bonds. The number of benzene rings is 1. The number of nitrogens with two attached hydrogens (primary N) is 1. The maximum absolute atomic E-state index is 12.0. The van der Waals surface area contributed by atoms with Crippen molar-refractivity contribution in [3.8, 4) is 0 Å². The maximum Gasteiger partial charge on any atom is 0.240 e. The first-order valence-electron chi connectivity index (χ1n) is 6.18. The number of hydrogen-bond acceptors (Lipinski definition) is 4. The zero-order chi connectivity index (χ0) is 15.2. The van der Waals surface area contributed by atoms with Crippen LogP contribution in [0.5, 0.6) is 0 Å². The number of hydrogen-bond donors (Lipinski definition) is 3. The topological polar surface area (TPSA) is 101 Å². The molecule has 8 heteroatoms. The van der Waals surface area contributed by atoms with E-state index in [0.717, 1.165) is 6.42 Å². The highest BCUT2D eigenvalue weighted by atomic mass is 79.9. The Morgan fingerprint density at radius 3 is 2.65 bits per heavy atom. The van der Waals surface area contributed by atoms with Crippen molar-refractivity contribution in [3.05, 3.63) is 22.7 Å². The number of amides is 1. The van der Waals surface area contributed by atoms with Crippen molar-refractivity contribution in [2.45, 2.75) is 24.7 Å². The van der Waals surface area contributed by atoms with Crippen LogP contribution in [0.3, 0.4) is 0 Å². The van der Waals surface area contributed by atoms with Gasteiger partial charge < -0.3 is 11.1 Å². The van der Waals surface area contributed by atoms with Crippen molar-refractivity contribution in [1.29, 1.82) is 0 Å². The maximum atomic E-state index is 12.0. The van der Waals surface area contributed by atoms with Gasteiger partial charge in [-0.2, -0.15) is 0 Å². The lowest BCUT2D eigenvalue weighted by atomic mass is 10.3. The van der Waals surface area contributed by atoms with Gasteiger partial charge in [0, 0.05) is 29.7 Å². The zero-order valence-electron chi connectivity index (χ0n) is 11.1. The molecule has 0 saturated carbocycles. The van der Waals surface area contributed by atoms with Gasteiger partial charge in [0.1, 0.15) is 0 Å². The second-order valence-electron chi connectivity index (χ2n) is 4.18. The van der Waals surface area contributed by atoms with Crippen LogP contribution in [0.4, 0.5) is 5.69 Å². The Hall–Kier alpha value is -1.12. The molecule has 0 heterocycles. The van der Waals surface area contributed by atoms with Crippen LogP contribution in [-0.4, -0.2) is 27.4 Å². The molecule has 0 unspecified atom stereocenters. The Bertz CT molecular complexity index is 575. The third kappa shape index (κ3) is 5.10. The molecule has 0 aliphatic rings. The van der Waals surface area contributed by atoms with Crippen LogP contribution >= 0.6 is 15.9 Å². The van der Waals surface area contributed by atoms with Gasteiger partial charge in [0.15, 0.2) is 0 Å². The van der Waals surface area contributed by atoms with Gasteiger partial charge >= 0.3 is 0 Å². The quantitative estimate of drug-likeness (QED) is 0.634. The van der Waals surface area contributed by atoms with Crippen LogP contribution < -0.4 is 15.8 Å². The van der Waals surface area contributed by atoms with E-state index in [4.69, 9.17) is 5.73 Å². The molecule has 0 saturated heterocycles. The summed E-state index contributed by atoms with van der Waals surface area (Å²) in [6.07, 6.45) is 0.951. The molecule has 112 valence electrons. The minimum atomic E-state index is -3.63. The molecule has 0 aliphatic heterocycles. The third-order valence-electron chi connectivity index (χ3n) is 2.50. The second-order valence-corrected chi connectivity index (χ2v) is 6.80. The number of halogens is 1. The molecule has 1 aromatic carbocycles. The van der Waals surface area contributed by atoms with Crippen LogP contribution in [0.25, 0.3) is 0 Å². The molecule has 0 aliphatic carbocycles. The minimum Gasteiger partial charge on any atom is -0.398 e. The first-order chi connectivity index (χ1) is 9.36. The van der Waals surface area contributed by atoms with Crippen molar-refractivity contribution in [3.63, 3.8) is 0 Å². The van der Waals surface area contributed by atoms with Crippen molar-refractivity contribution in [2.75, 3.05) is 18.8 Å². The van der Waals surface area contributed by atoms with Gasteiger partial charge in [0.25, 0.3) is 0 Å².